The van der Waals surface area contributed by atoms with E-state index in [0.717, 1.165) is 32.7 Å². The molecule has 1 aromatic carbocycles. The summed E-state index contributed by atoms with van der Waals surface area (Å²) in [7, 11) is 0. The maximum atomic E-state index is 12.0. The summed E-state index contributed by atoms with van der Waals surface area (Å²) in [6.45, 7) is 3.97. The first-order valence-electron chi connectivity index (χ1n) is 6.82. The molecule has 0 spiro atoms. The van der Waals surface area contributed by atoms with Crippen molar-refractivity contribution in [2.24, 2.45) is 4.99 Å². The topological polar surface area (TPSA) is 67.8 Å². The zero-order valence-electron chi connectivity index (χ0n) is 12.5. The van der Waals surface area contributed by atoms with Gasteiger partial charge < -0.3 is 10.1 Å². The van der Waals surface area contributed by atoms with Crippen molar-refractivity contribution in [3.8, 4) is 5.75 Å². The van der Waals surface area contributed by atoms with Crippen LogP contribution >= 0.6 is 43.6 Å². The monoisotopic (exact) mass is 460 g/mol. The second-order valence-electron chi connectivity index (χ2n) is 4.67. The van der Waals surface area contributed by atoms with Gasteiger partial charge in [-0.2, -0.15) is 4.99 Å². The fourth-order valence-corrected chi connectivity index (χ4v) is 4.02. The van der Waals surface area contributed by atoms with E-state index in [1.165, 1.54) is 6.92 Å². The third-order valence-electron chi connectivity index (χ3n) is 2.68. The molecule has 1 aliphatic heterocycles. The molecule has 0 unspecified atom stereocenters. The van der Waals surface area contributed by atoms with E-state index in [-0.39, 0.29) is 11.8 Å². The summed E-state index contributed by atoms with van der Waals surface area (Å²) >= 11 is 8.04. The van der Waals surface area contributed by atoms with E-state index in [0.29, 0.717) is 22.4 Å². The maximum Gasteiger partial charge on any atom is 0.286 e. The molecule has 5 nitrogen and oxygen atoms in total. The first kappa shape index (κ1) is 18.2. The summed E-state index contributed by atoms with van der Waals surface area (Å²) in [5, 5.41) is 2.81. The van der Waals surface area contributed by atoms with Gasteiger partial charge in [0, 0.05) is 17.0 Å². The molecule has 1 aromatic rings. The number of amides is 2. The van der Waals surface area contributed by atoms with Crippen molar-refractivity contribution in [3.63, 3.8) is 0 Å². The number of aliphatic imine (C=N–C) groups is 1. The van der Waals surface area contributed by atoms with Gasteiger partial charge in [0.2, 0.25) is 5.91 Å². The molecule has 2 amide bonds. The number of nitrogens with zero attached hydrogens (tertiary/aromatic N) is 1. The highest BCUT2D eigenvalue weighted by atomic mass is 79.9. The Morgan fingerprint density at radius 1 is 1.43 bits per heavy atom. The van der Waals surface area contributed by atoms with Crippen LogP contribution < -0.4 is 10.1 Å². The highest BCUT2D eigenvalue weighted by Crippen LogP contribution is 2.37. The number of halogens is 2. The summed E-state index contributed by atoms with van der Waals surface area (Å²) < 4.78 is 7.43. The fourth-order valence-electron chi connectivity index (χ4n) is 1.80. The largest absolute Gasteiger partial charge is 0.492 e. The summed E-state index contributed by atoms with van der Waals surface area (Å²) in [4.78, 5) is 27.3. The van der Waals surface area contributed by atoms with Gasteiger partial charge in [-0.15, -0.1) is 0 Å². The van der Waals surface area contributed by atoms with Gasteiger partial charge in [-0.1, -0.05) is 22.9 Å². The molecule has 1 aliphatic rings. The Kier molecular flexibility index (Phi) is 6.43. The molecular weight excluding hydrogens is 448 g/mol. The molecule has 122 valence electrons. The van der Waals surface area contributed by atoms with Gasteiger partial charge in [0.15, 0.2) is 5.17 Å². The number of amidine groups is 1. The molecule has 23 heavy (non-hydrogen) atoms. The van der Waals surface area contributed by atoms with Crippen molar-refractivity contribution in [1.29, 1.82) is 0 Å². The van der Waals surface area contributed by atoms with Gasteiger partial charge in [-0.05, 0) is 52.3 Å². The lowest BCUT2D eigenvalue weighted by Crippen LogP contribution is -2.23. The second kappa shape index (κ2) is 8.12. The minimum Gasteiger partial charge on any atom is -0.492 e. The van der Waals surface area contributed by atoms with Crippen LogP contribution in [0.3, 0.4) is 0 Å². The van der Waals surface area contributed by atoms with Gasteiger partial charge >= 0.3 is 0 Å². The number of hydrogen-bond donors (Lipinski definition) is 1. The number of ether oxygens (including phenoxy) is 1. The molecule has 0 fully saturated rings. The molecule has 0 saturated heterocycles. The molecule has 2 rings (SSSR count). The summed E-state index contributed by atoms with van der Waals surface area (Å²) in [5.41, 5.74) is 0.759. The van der Waals surface area contributed by atoms with Crippen LogP contribution in [0.15, 0.2) is 31.0 Å². The number of hydrogen-bond acceptors (Lipinski definition) is 4. The van der Waals surface area contributed by atoms with E-state index in [1.54, 1.807) is 6.08 Å². The van der Waals surface area contributed by atoms with E-state index in [9.17, 15) is 9.59 Å². The lowest BCUT2D eigenvalue weighted by Gasteiger charge is -2.11. The number of nitrogens with one attached hydrogen (secondary N) is 1. The SMILES string of the molecule is CCCOc1c(Br)cc(Br)cc1C=C1SC(NC(C)=O)=NC1=O. The summed E-state index contributed by atoms with van der Waals surface area (Å²) in [6.07, 6.45) is 2.59. The molecule has 0 radical (unpaired) electrons. The van der Waals surface area contributed by atoms with Crippen molar-refractivity contribution in [2.75, 3.05) is 6.61 Å². The van der Waals surface area contributed by atoms with E-state index < -0.39 is 0 Å². The molecule has 0 aliphatic carbocycles. The fraction of sp³-hybridized carbons (Fsp3) is 0.267. The van der Waals surface area contributed by atoms with E-state index in [4.69, 9.17) is 4.74 Å². The Bertz CT molecular complexity index is 717. The number of thioether (sulfide) groups is 1. The van der Waals surface area contributed by atoms with Gasteiger partial charge in [0.1, 0.15) is 5.75 Å². The molecule has 0 bridgehead atoms. The molecular formula is C15H14Br2N2O3S. The zero-order valence-corrected chi connectivity index (χ0v) is 16.5. The summed E-state index contributed by atoms with van der Waals surface area (Å²) in [5.74, 6) is 0.0303. The molecule has 8 heteroatoms. The van der Waals surface area contributed by atoms with Crippen molar-refractivity contribution >= 4 is 66.7 Å². The highest BCUT2D eigenvalue weighted by Gasteiger charge is 2.23. The van der Waals surface area contributed by atoms with E-state index >= 15 is 0 Å². The molecule has 0 saturated carbocycles. The average Bonchev–Trinajstić information content (AvgIpc) is 2.76. The van der Waals surface area contributed by atoms with Gasteiger partial charge in [0.05, 0.1) is 16.0 Å². The molecule has 0 atom stereocenters. The van der Waals surface area contributed by atoms with Crippen LogP contribution in [-0.4, -0.2) is 23.6 Å². The quantitative estimate of drug-likeness (QED) is 0.685. The Morgan fingerprint density at radius 2 is 2.17 bits per heavy atom. The van der Waals surface area contributed by atoms with Crippen molar-refractivity contribution < 1.29 is 14.3 Å². The van der Waals surface area contributed by atoms with Crippen LogP contribution in [0, 0.1) is 0 Å². The normalized spacial score (nSPS) is 15.7. The highest BCUT2D eigenvalue weighted by molar-refractivity contribution is 9.11. The minimum atomic E-state index is -0.378. The van der Waals surface area contributed by atoms with Gasteiger partial charge in [-0.25, -0.2) is 0 Å². The van der Waals surface area contributed by atoms with Crippen LogP contribution in [0.1, 0.15) is 25.8 Å². The minimum absolute atomic E-state index is 0.262. The molecule has 1 N–H and O–H groups in total. The van der Waals surface area contributed by atoms with Crippen LogP contribution in [-0.2, 0) is 9.59 Å². The molecule has 1 heterocycles. The standard InChI is InChI=1S/C15H14Br2N2O3S/c1-3-4-22-13-9(5-10(16)7-11(13)17)6-12-14(21)19-15(23-12)18-8(2)20/h5-7H,3-4H2,1-2H3,(H,18,19,20,21). The Labute approximate surface area is 155 Å². The Hall–Kier alpha value is -1.12. The lowest BCUT2D eigenvalue weighted by atomic mass is 10.2. The average molecular weight is 462 g/mol. The summed E-state index contributed by atoms with van der Waals surface area (Å²) in [6, 6.07) is 3.75. The van der Waals surface area contributed by atoms with E-state index in [1.807, 2.05) is 19.1 Å². The first-order chi connectivity index (χ1) is 10.9. The molecule has 0 aromatic heterocycles. The number of benzene rings is 1. The maximum absolute atomic E-state index is 12.0. The zero-order chi connectivity index (χ0) is 17.0. The van der Waals surface area contributed by atoms with Crippen molar-refractivity contribution in [2.45, 2.75) is 20.3 Å². The number of carbonyl (C=O) groups excluding carboxylic acids is 2. The smallest absolute Gasteiger partial charge is 0.286 e. The van der Waals surface area contributed by atoms with Crippen molar-refractivity contribution in [3.05, 3.63) is 31.5 Å². The number of carbonyl (C=O) groups is 2. The second-order valence-corrected chi connectivity index (χ2v) is 7.47. The number of rotatable bonds is 4. The van der Waals surface area contributed by atoms with E-state index in [2.05, 4.69) is 42.2 Å². The first-order valence-corrected chi connectivity index (χ1v) is 9.23. The Morgan fingerprint density at radius 3 is 2.83 bits per heavy atom. The lowest BCUT2D eigenvalue weighted by molar-refractivity contribution is -0.117. The third kappa shape index (κ3) is 4.92. The van der Waals surface area contributed by atoms with Gasteiger partial charge in [-0.3, -0.25) is 9.59 Å². The van der Waals surface area contributed by atoms with Crippen LogP contribution in [0.25, 0.3) is 6.08 Å². The van der Waals surface area contributed by atoms with Crippen LogP contribution in [0.5, 0.6) is 5.75 Å². The third-order valence-corrected chi connectivity index (χ3v) is 4.62. The predicted octanol–water partition coefficient (Wildman–Crippen LogP) is 4.11. The predicted molar refractivity (Wildman–Crippen MR) is 99.5 cm³/mol. The van der Waals surface area contributed by atoms with Crippen LogP contribution in [0.4, 0.5) is 0 Å². The van der Waals surface area contributed by atoms with Crippen molar-refractivity contribution in [1.82, 2.24) is 5.32 Å². The van der Waals surface area contributed by atoms with Crippen LogP contribution in [0.2, 0.25) is 0 Å². The van der Waals surface area contributed by atoms with Gasteiger partial charge in [0.25, 0.3) is 5.91 Å². The Balaban J connectivity index is 2.32.